The highest BCUT2D eigenvalue weighted by Gasteiger charge is 2.25. The summed E-state index contributed by atoms with van der Waals surface area (Å²) in [6.45, 7) is -0.962. The number of hydrogen-bond acceptors (Lipinski definition) is 5. The number of rotatable bonds is 8. The average molecular weight is 358 g/mol. The highest BCUT2D eigenvalue weighted by atomic mass is 35.5. The monoisotopic (exact) mass is 357 g/mol. The van der Waals surface area contributed by atoms with E-state index in [1.165, 1.54) is 7.11 Å². The van der Waals surface area contributed by atoms with Crippen LogP contribution in [0.2, 0.25) is 0 Å². The SMILES string of the molecule is COOSc1ccc(C(O)C(CF)NC(=O)C(Cl)Cl)cc1. The van der Waals surface area contributed by atoms with Crippen LogP contribution in [-0.4, -0.2) is 35.7 Å². The van der Waals surface area contributed by atoms with Crippen LogP contribution in [0.4, 0.5) is 4.39 Å². The smallest absolute Gasteiger partial charge is 0.253 e. The van der Waals surface area contributed by atoms with E-state index in [9.17, 15) is 14.3 Å². The highest BCUT2D eigenvalue weighted by Crippen LogP contribution is 2.23. The van der Waals surface area contributed by atoms with E-state index in [-0.39, 0.29) is 0 Å². The van der Waals surface area contributed by atoms with E-state index in [1.807, 2.05) is 0 Å². The molecule has 0 spiro atoms. The van der Waals surface area contributed by atoms with Crippen LogP contribution in [0.5, 0.6) is 0 Å². The standard InChI is InChI=1S/C12H14Cl2FNO4S/c1-19-20-21-8-4-2-7(3-5-8)10(17)9(6-15)16-12(18)11(13)14/h2-5,9-11,17H,6H2,1H3,(H,16,18). The Morgan fingerprint density at radius 1 is 1.43 bits per heavy atom. The van der Waals surface area contributed by atoms with Crippen LogP contribution in [-0.2, 0) is 14.0 Å². The number of benzene rings is 1. The van der Waals surface area contributed by atoms with E-state index >= 15 is 0 Å². The van der Waals surface area contributed by atoms with Gasteiger partial charge in [-0.15, -0.1) is 0 Å². The maximum absolute atomic E-state index is 13.0. The predicted octanol–water partition coefficient (Wildman–Crippen LogP) is 2.56. The number of alkyl halides is 3. The van der Waals surface area contributed by atoms with Crippen LogP contribution in [0.15, 0.2) is 29.2 Å². The fraction of sp³-hybridized carbons (Fsp3) is 0.417. The zero-order valence-corrected chi connectivity index (χ0v) is 13.3. The third-order valence-electron chi connectivity index (χ3n) is 2.49. The van der Waals surface area contributed by atoms with Gasteiger partial charge in [-0.2, -0.15) is 4.33 Å². The molecular weight excluding hydrogens is 344 g/mol. The lowest BCUT2D eigenvalue weighted by molar-refractivity contribution is -0.160. The Bertz CT molecular complexity index is 449. The van der Waals surface area contributed by atoms with Gasteiger partial charge >= 0.3 is 0 Å². The molecule has 0 aliphatic rings. The summed E-state index contributed by atoms with van der Waals surface area (Å²) >= 11 is 11.7. The summed E-state index contributed by atoms with van der Waals surface area (Å²) in [6, 6.07) is 5.35. The Hall–Kier alpha value is -0.570. The number of carbonyl (C=O) groups is 1. The Balaban J connectivity index is 2.71. The van der Waals surface area contributed by atoms with Gasteiger partial charge < -0.3 is 10.4 Å². The number of hydrogen-bond donors (Lipinski definition) is 2. The molecule has 0 saturated carbocycles. The number of amides is 1. The third kappa shape index (κ3) is 5.98. The van der Waals surface area contributed by atoms with Crippen LogP contribution in [0, 0.1) is 0 Å². The molecule has 1 rings (SSSR count). The van der Waals surface area contributed by atoms with Crippen LogP contribution >= 0.6 is 35.2 Å². The first-order chi connectivity index (χ1) is 9.99. The van der Waals surface area contributed by atoms with E-state index in [1.54, 1.807) is 24.3 Å². The van der Waals surface area contributed by atoms with Crippen molar-refractivity contribution < 1.29 is 23.5 Å². The molecule has 2 N–H and O–H groups in total. The number of aliphatic hydroxyl groups is 1. The lowest BCUT2D eigenvalue weighted by Crippen LogP contribution is -2.43. The molecule has 2 atom stereocenters. The van der Waals surface area contributed by atoms with Gasteiger partial charge in [0.25, 0.3) is 5.91 Å². The van der Waals surface area contributed by atoms with Crippen molar-refractivity contribution >= 4 is 41.2 Å². The second-order valence-electron chi connectivity index (χ2n) is 3.90. The minimum Gasteiger partial charge on any atom is -0.386 e. The normalized spacial score (nSPS) is 14.0. The Morgan fingerprint density at radius 2 is 2.05 bits per heavy atom. The molecule has 9 heteroatoms. The van der Waals surface area contributed by atoms with Crippen molar-refractivity contribution in [2.75, 3.05) is 13.8 Å². The van der Waals surface area contributed by atoms with Crippen LogP contribution in [0.3, 0.4) is 0 Å². The maximum atomic E-state index is 13.0. The topological polar surface area (TPSA) is 67.8 Å². The van der Waals surface area contributed by atoms with Crippen molar-refractivity contribution in [3.63, 3.8) is 0 Å². The van der Waals surface area contributed by atoms with Gasteiger partial charge in [0.2, 0.25) is 0 Å². The highest BCUT2D eigenvalue weighted by molar-refractivity contribution is 7.94. The molecule has 21 heavy (non-hydrogen) atoms. The lowest BCUT2D eigenvalue weighted by Gasteiger charge is -2.22. The molecule has 0 radical (unpaired) electrons. The molecule has 0 aliphatic heterocycles. The van der Waals surface area contributed by atoms with Crippen molar-refractivity contribution in [3.05, 3.63) is 29.8 Å². The Kier molecular flexibility index (Phi) is 8.31. The first-order valence-electron chi connectivity index (χ1n) is 5.79. The van der Waals surface area contributed by atoms with Gasteiger partial charge in [0.15, 0.2) is 4.84 Å². The van der Waals surface area contributed by atoms with Gasteiger partial charge in [0.05, 0.1) is 25.2 Å². The summed E-state index contributed by atoms with van der Waals surface area (Å²) in [5.74, 6) is -0.763. The second kappa shape index (κ2) is 9.45. The first kappa shape index (κ1) is 18.5. The largest absolute Gasteiger partial charge is 0.386 e. The molecule has 0 aromatic heterocycles. The van der Waals surface area contributed by atoms with Crippen molar-refractivity contribution in [2.45, 2.75) is 21.9 Å². The number of aliphatic hydroxyl groups excluding tert-OH is 1. The molecule has 2 unspecified atom stereocenters. The molecule has 0 fully saturated rings. The zero-order valence-electron chi connectivity index (χ0n) is 11.0. The second-order valence-corrected chi connectivity index (χ2v) is 5.77. The summed E-state index contributed by atoms with van der Waals surface area (Å²) in [5.41, 5.74) is 0.431. The van der Waals surface area contributed by atoms with Gasteiger partial charge in [0, 0.05) is 4.90 Å². The Labute approximate surface area is 135 Å². The van der Waals surface area contributed by atoms with E-state index in [2.05, 4.69) is 14.5 Å². The van der Waals surface area contributed by atoms with Gasteiger partial charge in [-0.05, 0) is 17.7 Å². The maximum Gasteiger partial charge on any atom is 0.253 e. The van der Waals surface area contributed by atoms with E-state index in [4.69, 9.17) is 23.2 Å². The number of nitrogens with one attached hydrogen (secondary N) is 1. The van der Waals surface area contributed by atoms with Crippen molar-refractivity contribution in [1.82, 2.24) is 5.32 Å². The molecule has 1 amide bonds. The fourth-order valence-electron chi connectivity index (χ4n) is 1.47. The number of carbonyl (C=O) groups excluding carboxylic acids is 1. The zero-order chi connectivity index (χ0) is 15.8. The summed E-state index contributed by atoms with van der Waals surface area (Å²) in [5, 5.41) is 12.3. The van der Waals surface area contributed by atoms with E-state index < -0.39 is 29.6 Å². The minimum absolute atomic E-state index is 0.431. The summed E-state index contributed by atoms with van der Waals surface area (Å²) in [6.07, 6.45) is -1.23. The predicted molar refractivity (Wildman–Crippen MR) is 78.8 cm³/mol. The Morgan fingerprint density at radius 3 is 2.52 bits per heavy atom. The van der Waals surface area contributed by atoms with E-state index in [0.717, 1.165) is 16.9 Å². The summed E-state index contributed by atoms with van der Waals surface area (Å²) in [4.78, 5) is 15.2. The molecule has 1 aromatic carbocycles. The molecular formula is C12H14Cl2FNO4S. The molecule has 0 heterocycles. The van der Waals surface area contributed by atoms with Crippen molar-refractivity contribution in [1.29, 1.82) is 0 Å². The average Bonchev–Trinajstić information content (AvgIpc) is 2.50. The van der Waals surface area contributed by atoms with Gasteiger partial charge in [0.1, 0.15) is 12.8 Å². The van der Waals surface area contributed by atoms with Gasteiger partial charge in [-0.25, -0.2) is 9.28 Å². The number of halogens is 3. The van der Waals surface area contributed by atoms with E-state index in [0.29, 0.717) is 5.56 Å². The van der Waals surface area contributed by atoms with Gasteiger partial charge in [-0.1, -0.05) is 35.3 Å². The molecule has 0 saturated heterocycles. The summed E-state index contributed by atoms with van der Waals surface area (Å²) < 4.78 is 17.6. The molecule has 118 valence electrons. The minimum atomic E-state index is -1.32. The summed E-state index contributed by atoms with van der Waals surface area (Å²) in [7, 11) is 1.38. The first-order valence-corrected chi connectivity index (χ1v) is 7.41. The molecule has 5 nitrogen and oxygen atoms in total. The van der Waals surface area contributed by atoms with Crippen LogP contribution in [0.1, 0.15) is 11.7 Å². The quantitative estimate of drug-likeness (QED) is 0.324. The third-order valence-corrected chi connectivity index (χ3v) is 3.56. The van der Waals surface area contributed by atoms with Crippen molar-refractivity contribution in [2.24, 2.45) is 0 Å². The molecule has 0 bridgehead atoms. The van der Waals surface area contributed by atoms with Crippen LogP contribution < -0.4 is 5.32 Å². The fourth-order valence-corrected chi connectivity index (χ4v) is 1.99. The van der Waals surface area contributed by atoms with Crippen LogP contribution in [0.25, 0.3) is 0 Å². The molecule has 1 aromatic rings. The van der Waals surface area contributed by atoms with Gasteiger partial charge in [-0.3, -0.25) is 4.79 Å². The van der Waals surface area contributed by atoms with Crippen molar-refractivity contribution in [3.8, 4) is 0 Å². The lowest BCUT2D eigenvalue weighted by atomic mass is 10.0. The molecule has 0 aliphatic carbocycles.